The van der Waals surface area contributed by atoms with Crippen molar-refractivity contribution in [2.75, 3.05) is 26.2 Å². The van der Waals surface area contributed by atoms with E-state index in [-0.39, 0.29) is 11.2 Å². The third-order valence-corrected chi connectivity index (χ3v) is 4.35. The van der Waals surface area contributed by atoms with Crippen molar-refractivity contribution in [3.8, 4) is 0 Å². The number of nitrogens with one attached hydrogen (secondary N) is 1. The first-order chi connectivity index (χ1) is 9.06. The van der Waals surface area contributed by atoms with E-state index < -0.39 is 0 Å². The summed E-state index contributed by atoms with van der Waals surface area (Å²) in [6.07, 6.45) is 0. The fourth-order valence-electron chi connectivity index (χ4n) is 2.40. The van der Waals surface area contributed by atoms with Crippen molar-refractivity contribution in [3.63, 3.8) is 0 Å². The minimum atomic E-state index is -0.0145. The summed E-state index contributed by atoms with van der Waals surface area (Å²) < 4.78 is 0. The number of amides is 1. The minimum absolute atomic E-state index is 0.0145. The number of thioether (sulfide) groups is 1. The zero-order valence-electron chi connectivity index (χ0n) is 11.9. The molecule has 1 atom stereocenters. The van der Waals surface area contributed by atoms with E-state index >= 15 is 0 Å². The maximum atomic E-state index is 12.3. The molecule has 0 aliphatic carbocycles. The molecule has 104 valence electrons. The standard InChI is InChI=1S/C15H22N2OS/c1-11-8-12(2)10-14(9-11)19-13(3)15(18)17-6-4-16-5-7-17/h8-10,13,16H,4-7H2,1-3H3. The van der Waals surface area contributed by atoms with Gasteiger partial charge in [-0.25, -0.2) is 0 Å². The summed E-state index contributed by atoms with van der Waals surface area (Å²) in [6, 6.07) is 6.46. The van der Waals surface area contributed by atoms with E-state index in [2.05, 4.69) is 37.4 Å². The normalized spacial score (nSPS) is 17.3. The maximum Gasteiger partial charge on any atom is 0.235 e. The Morgan fingerprint density at radius 1 is 1.21 bits per heavy atom. The molecule has 1 N–H and O–H groups in total. The Kier molecular flexibility index (Phi) is 4.88. The number of benzene rings is 1. The molecule has 1 unspecified atom stereocenters. The molecule has 1 heterocycles. The van der Waals surface area contributed by atoms with Gasteiger partial charge in [0.15, 0.2) is 0 Å². The molecule has 3 nitrogen and oxygen atoms in total. The summed E-state index contributed by atoms with van der Waals surface area (Å²) in [5.74, 6) is 0.255. The molecule has 0 aromatic heterocycles. The first-order valence-corrected chi connectivity index (χ1v) is 7.68. The van der Waals surface area contributed by atoms with Crippen LogP contribution in [0.3, 0.4) is 0 Å². The van der Waals surface area contributed by atoms with Crippen molar-refractivity contribution in [2.24, 2.45) is 0 Å². The van der Waals surface area contributed by atoms with Crippen LogP contribution in [0.4, 0.5) is 0 Å². The Morgan fingerprint density at radius 2 is 1.79 bits per heavy atom. The summed E-state index contributed by atoms with van der Waals surface area (Å²) in [5.41, 5.74) is 2.51. The fraction of sp³-hybridized carbons (Fsp3) is 0.533. The third-order valence-electron chi connectivity index (χ3n) is 3.28. The topological polar surface area (TPSA) is 32.3 Å². The second kappa shape index (κ2) is 6.44. The van der Waals surface area contributed by atoms with E-state index in [1.165, 1.54) is 16.0 Å². The van der Waals surface area contributed by atoms with E-state index in [1.54, 1.807) is 11.8 Å². The van der Waals surface area contributed by atoms with Gasteiger partial charge in [0, 0.05) is 31.1 Å². The number of nitrogens with zero attached hydrogens (tertiary/aromatic N) is 1. The largest absolute Gasteiger partial charge is 0.339 e. The smallest absolute Gasteiger partial charge is 0.235 e. The Labute approximate surface area is 119 Å². The van der Waals surface area contributed by atoms with Gasteiger partial charge in [0.2, 0.25) is 5.91 Å². The van der Waals surface area contributed by atoms with Crippen molar-refractivity contribution in [1.82, 2.24) is 10.2 Å². The average Bonchev–Trinajstić information content (AvgIpc) is 2.37. The van der Waals surface area contributed by atoms with Gasteiger partial charge in [-0.2, -0.15) is 0 Å². The SMILES string of the molecule is Cc1cc(C)cc(SC(C)C(=O)N2CCNCC2)c1. The number of carbonyl (C=O) groups is 1. The molecule has 1 amide bonds. The summed E-state index contributed by atoms with van der Waals surface area (Å²) in [4.78, 5) is 15.5. The molecule has 1 aliphatic rings. The fourth-order valence-corrected chi connectivity index (χ4v) is 3.56. The molecular formula is C15H22N2OS. The van der Waals surface area contributed by atoms with Crippen LogP contribution in [-0.2, 0) is 4.79 Å². The molecule has 1 aromatic rings. The summed E-state index contributed by atoms with van der Waals surface area (Å²) >= 11 is 1.66. The van der Waals surface area contributed by atoms with E-state index in [0.29, 0.717) is 0 Å². The van der Waals surface area contributed by atoms with Gasteiger partial charge >= 0.3 is 0 Å². The van der Waals surface area contributed by atoms with Gasteiger partial charge in [-0.1, -0.05) is 6.07 Å². The first-order valence-electron chi connectivity index (χ1n) is 6.81. The molecule has 0 radical (unpaired) electrons. The molecule has 0 bridgehead atoms. The van der Waals surface area contributed by atoms with Crippen molar-refractivity contribution >= 4 is 17.7 Å². The molecule has 1 fully saturated rings. The quantitative estimate of drug-likeness (QED) is 0.861. The van der Waals surface area contributed by atoms with Gasteiger partial charge in [0.05, 0.1) is 5.25 Å². The number of rotatable bonds is 3. The Balaban J connectivity index is 1.99. The van der Waals surface area contributed by atoms with Gasteiger partial charge in [-0.15, -0.1) is 11.8 Å². The van der Waals surface area contributed by atoms with Crippen LogP contribution < -0.4 is 5.32 Å². The Hall–Kier alpha value is -1.00. The minimum Gasteiger partial charge on any atom is -0.339 e. The van der Waals surface area contributed by atoms with Gasteiger partial charge in [0.1, 0.15) is 0 Å². The number of hydrogen-bond donors (Lipinski definition) is 1. The second-order valence-corrected chi connectivity index (χ2v) is 6.57. The highest BCUT2D eigenvalue weighted by Crippen LogP contribution is 2.26. The Bertz CT molecular complexity index is 435. The van der Waals surface area contributed by atoms with E-state index in [0.717, 1.165) is 26.2 Å². The lowest BCUT2D eigenvalue weighted by Crippen LogP contribution is -2.48. The van der Waals surface area contributed by atoms with Crippen LogP contribution in [-0.4, -0.2) is 42.2 Å². The summed E-state index contributed by atoms with van der Waals surface area (Å²) in [5, 5.41) is 3.26. The van der Waals surface area contributed by atoms with Crippen molar-refractivity contribution in [1.29, 1.82) is 0 Å². The maximum absolute atomic E-state index is 12.3. The third kappa shape index (κ3) is 3.98. The Morgan fingerprint density at radius 3 is 2.37 bits per heavy atom. The zero-order chi connectivity index (χ0) is 13.8. The second-order valence-electron chi connectivity index (χ2n) is 5.16. The number of carbonyl (C=O) groups excluding carboxylic acids is 1. The van der Waals surface area contributed by atoms with Crippen molar-refractivity contribution in [3.05, 3.63) is 29.3 Å². The van der Waals surface area contributed by atoms with E-state index in [4.69, 9.17) is 0 Å². The van der Waals surface area contributed by atoms with Gasteiger partial charge in [0.25, 0.3) is 0 Å². The highest BCUT2D eigenvalue weighted by molar-refractivity contribution is 8.00. The molecule has 1 saturated heterocycles. The van der Waals surface area contributed by atoms with Crippen molar-refractivity contribution < 1.29 is 4.79 Å². The van der Waals surface area contributed by atoms with Crippen LogP contribution in [0.15, 0.2) is 23.1 Å². The van der Waals surface area contributed by atoms with Gasteiger partial charge < -0.3 is 10.2 Å². The molecule has 1 aliphatic heterocycles. The summed E-state index contributed by atoms with van der Waals surface area (Å²) in [7, 11) is 0. The van der Waals surface area contributed by atoms with Crippen LogP contribution in [0.5, 0.6) is 0 Å². The number of aryl methyl sites for hydroxylation is 2. The molecular weight excluding hydrogens is 256 g/mol. The van der Waals surface area contributed by atoms with Crippen molar-refractivity contribution in [2.45, 2.75) is 30.9 Å². The number of hydrogen-bond acceptors (Lipinski definition) is 3. The molecule has 0 saturated carbocycles. The molecule has 4 heteroatoms. The van der Waals surface area contributed by atoms with Crippen LogP contribution >= 0.6 is 11.8 Å². The molecule has 19 heavy (non-hydrogen) atoms. The molecule has 2 rings (SSSR count). The van der Waals surface area contributed by atoms with E-state index in [9.17, 15) is 4.79 Å². The first kappa shape index (κ1) is 14.4. The monoisotopic (exact) mass is 278 g/mol. The van der Waals surface area contributed by atoms with Crippen LogP contribution in [0.2, 0.25) is 0 Å². The average molecular weight is 278 g/mol. The predicted molar refractivity (Wildman–Crippen MR) is 80.7 cm³/mol. The highest BCUT2D eigenvalue weighted by atomic mass is 32.2. The lowest BCUT2D eigenvalue weighted by atomic mass is 10.2. The molecule has 1 aromatic carbocycles. The lowest BCUT2D eigenvalue weighted by molar-refractivity contribution is -0.130. The van der Waals surface area contributed by atoms with Gasteiger partial charge in [-0.3, -0.25) is 4.79 Å². The van der Waals surface area contributed by atoms with Crippen LogP contribution in [0, 0.1) is 13.8 Å². The van der Waals surface area contributed by atoms with Crippen LogP contribution in [0.25, 0.3) is 0 Å². The zero-order valence-corrected chi connectivity index (χ0v) is 12.7. The van der Waals surface area contributed by atoms with E-state index in [1.807, 2.05) is 11.8 Å². The lowest BCUT2D eigenvalue weighted by Gasteiger charge is -2.29. The number of piperazine rings is 1. The van der Waals surface area contributed by atoms with Gasteiger partial charge in [-0.05, 0) is 44.0 Å². The summed E-state index contributed by atoms with van der Waals surface area (Å²) in [6.45, 7) is 9.68. The predicted octanol–water partition coefficient (Wildman–Crippen LogP) is 2.22. The highest BCUT2D eigenvalue weighted by Gasteiger charge is 2.22. The molecule has 0 spiro atoms. The van der Waals surface area contributed by atoms with Crippen LogP contribution in [0.1, 0.15) is 18.1 Å².